The van der Waals surface area contributed by atoms with Crippen molar-refractivity contribution in [3.05, 3.63) is 36.4 Å². The minimum Gasteiger partial charge on any atom is -0.372 e. The van der Waals surface area contributed by atoms with Gasteiger partial charge in [0.25, 0.3) is 0 Å². The van der Waals surface area contributed by atoms with Crippen LogP contribution in [0.4, 0.5) is 5.95 Å². The van der Waals surface area contributed by atoms with Crippen LogP contribution in [-0.4, -0.2) is 62.4 Å². The first-order chi connectivity index (χ1) is 13.2. The standard InChI is InChI=1S/C19H26N6O2/c1-2-25-9-4-16(22-25)15-24-12-13-27-19(14-17(24)26)5-10-23(11-6-19)18-20-7-3-8-21-18/h3-4,7-9H,2,5-6,10-15H2,1H3. The first kappa shape index (κ1) is 17.9. The molecule has 2 fully saturated rings. The molecule has 4 heterocycles. The van der Waals surface area contributed by atoms with Crippen LogP contribution in [0, 0.1) is 0 Å². The summed E-state index contributed by atoms with van der Waals surface area (Å²) >= 11 is 0. The molecule has 0 atom stereocenters. The summed E-state index contributed by atoms with van der Waals surface area (Å²) in [5.74, 6) is 0.906. The lowest BCUT2D eigenvalue weighted by atomic mass is 9.87. The molecule has 144 valence electrons. The smallest absolute Gasteiger partial charge is 0.225 e. The Morgan fingerprint density at radius 3 is 2.67 bits per heavy atom. The number of piperidine rings is 1. The predicted molar refractivity (Wildman–Crippen MR) is 100 cm³/mol. The van der Waals surface area contributed by atoms with Crippen LogP contribution in [0.25, 0.3) is 0 Å². The molecule has 0 radical (unpaired) electrons. The molecule has 8 heteroatoms. The van der Waals surface area contributed by atoms with Crippen LogP contribution in [0.15, 0.2) is 30.7 Å². The number of amides is 1. The van der Waals surface area contributed by atoms with Gasteiger partial charge in [0, 0.05) is 44.8 Å². The molecule has 2 aromatic rings. The van der Waals surface area contributed by atoms with Crippen molar-refractivity contribution in [3.63, 3.8) is 0 Å². The number of aromatic nitrogens is 4. The molecule has 0 saturated carbocycles. The maximum atomic E-state index is 12.9. The highest BCUT2D eigenvalue weighted by Gasteiger charge is 2.41. The first-order valence-electron chi connectivity index (χ1n) is 9.63. The highest BCUT2D eigenvalue weighted by Crippen LogP contribution is 2.33. The van der Waals surface area contributed by atoms with E-state index in [4.69, 9.17) is 4.74 Å². The highest BCUT2D eigenvalue weighted by molar-refractivity contribution is 5.77. The molecule has 1 spiro atoms. The second kappa shape index (κ2) is 7.64. The van der Waals surface area contributed by atoms with Crippen molar-refractivity contribution in [1.82, 2.24) is 24.6 Å². The van der Waals surface area contributed by atoms with Gasteiger partial charge in [-0.3, -0.25) is 9.48 Å². The van der Waals surface area contributed by atoms with Crippen LogP contribution < -0.4 is 4.90 Å². The van der Waals surface area contributed by atoms with E-state index in [0.29, 0.717) is 26.1 Å². The van der Waals surface area contributed by atoms with E-state index in [9.17, 15) is 4.79 Å². The Morgan fingerprint density at radius 1 is 1.19 bits per heavy atom. The summed E-state index contributed by atoms with van der Waals surface area (Å²) in [7, 11) is 0. The second-order valence-corrected chi connectivity index (χ2v) is 7.22. The molecule has 2 saturated heterocycles. The van der Waals surface area contributed by atoms with Gasteiger partial charge < -0.3 is 14.5 Å². The zero-order valence-electron chi connectivity index (χ0n) is 15.8. The molecular formula is C19H26N6O2. The van der Waals surface area contributed by atoms with Gasteiger partial charge in [-0.25, -0.2) is 9.97 Å². The molecule has 2 aromatic heterocycles. The molecule has 1 amide bonds. The van der Waals surface area contributed by atoms with Crippen LogP contribution >= 0.6 is 0 Å². The van der Waals surface area contributed by atoms with Gasteiger partial charge in [0.15, 0.2) is 0 Å². The summed E-state index contributed by atoms with van der Waals surface area (Å²) in [5.41, 5.74) is 0.567. The maximum Gasteiger partial charge on any atom is 0.225 e. The number of carbonyl (C=O) groups is 1. The Bertz CT molecular complexity index is 770. The average molecular weight is 370 g/mol. The topological polar surface area (TPSA) is 76.4 Å². The fraction of sp³-hybridized carbons (Fsp3) is 0.579. The second-order valence-electron chi connectivity index (χ2n) is 7.22. The van der Waals surface area contributed by atoms with Crippen LogP contribution in [0.3, 0.4) is 0 Å². The lowest BCUT2D eigenvalue weighted by Crippen LogP contribution is -2.47. The number of ether oxygens (including phenoxy) is 1. The van der Waals surface area contributed by atoms with Crippen molar-refractivity contribution in [1.29, 1.82) is 0 Å². The van der Waals surface area contributed by atoms with Gasteiger partial charge in [0.05, 0.1) is 30.9 Å². The third kappa shape index (κ3) is 3.95. The van der Waals surface area contributed by atoms with E-state index < -0.39 is 0 Å². The third-order valence-corrected chi connectivity index (χ3v) is 5.48. The fourth-order valence-electron chi connectivity index (χ4n) is 3.85. The normalized spacial score (nSPS) is 20.1. The minimum absolute atomic E-state index is 0.156. The summed E-state index contributed by atoms with van der Waals surface area (Å²) < 4.78 is 8.11. The van der Waals surface area contributed by atoms with E-state index in [1.807, 2.05) is 27.9 Å². The fourth-order valence-corrected chi connectivity index (χ4v) is 3.85. The summed E-state index contributed by atoms with van der Waals surface area (Å²) in [4.78, 5) is 25.6. The zero-order chi connectivity index (χ0) is 18.7. The Morgan fingerprint density at radius 2 is 1.96 bits per heavy atom. The third-order valence-electron chi connectivity index (χ3n) is 5.48. The van der Waals surface area contributed by atoms with E-state index in [0.717, 1.165) is 44.1 Å². The van der Waals surface area contributed by atoms with Gasteiger partial charge in [0.1, 0.15) is 0 Å². The molecule has 0 N–H and O–H groups in total. The SMILES string of the molecule is CCn1ccc(CN2CCOC3(CCN(c4ncccn4)CC3)CC2=O)n1. The quantitative estimate of drug-likeness (QED) is 0.811. The first-order valence-corrected chi connectivity index (χ1v) is 9.63. The van der Waals surface area contributed by atoms with Gasteiger partial charge in [0.2, 0.25) is 11.9 Å². The Kier molecular flexibility index (Phi) is 5.07. The van der Waals surface area contributed by atoms with Crippen molar-refractivity contribution in [3.8, 4) is 0 Å². The lowest BCUT2D eigenvalue weighted by Gasteiger charge is -2.40. The monoisotopic (exact) mass is 370 g/mol. The molecule has 0 bridgehead atoms. The Hall–Kier alpha value is -2.48. The highest BCUT2D eigenvalue weighted by atomic mass is 16.5. The zero-order valence-corrected chi connectivity index (χ0v) is 15.8. The average Bonchev–Trinajstić information content (AvgIpc) is 3.10. The van der Waals surface area contributed by atoms with Crippen molar-refractivity contribution in [2.24, 2.45) is 0 Å². The van der Waals surface area contributed by atoms with Gasteiger partial charge in [-0.1, -0.05) is 0 Å². The number of anilines is 1. The summed E-state index contributed by atoms with van der Waals surface area (Å²) in [6.45, 7) is 6.24. The Labute approximate surface area is 159 Å². The van der Waals surface area contributed by atoms with Crippen molar-refractivity contribution in [2.75, 3.05) is 31.1 Å². The van der Waals surface area contributed by atoms with Gasteiger partial charge in [-0.05, 0) is 31.9 Å². The molecular weight excluding hydrogens is 344 g/mol. The van der Waals surface area contributed by atoms with Crippen LogP contribution in [0.2, 0.25) is 0 Å². The number of carbonyl (C=O) groups excluding carboxylic acids is 1. The molecule has 2 aliphatic heterocycles. The van der Waals surface area contributed by atoms with Crippen molar-refractivity contribution >= 4 is 11.9 Å². The lowest BCUT2D eigenvalue weighted by molar-refractivity contribution is -0.134. The molecule has 0 aliphatic carbocycles. The summed E-state index contributed by atoms with van der Waals surface area (Å²) in [6.07, 6.45) is 7.54. The molecule has 4 rings (SSSR count). The van der Waals surface area contributed by atoms with E-state index >= 15 is 0 Å². The number of hydrogen-bond donors (Lipinski definition) is 0. The van der Waals surface area contributed by atoms with Crippen molar-refractivity contribution < 1.29 is 9.53 Å². The van der Waals surface area contributed by atoms with Gasteiger partial charge >= 0.3 is 0 Å². The van der Waals surface area contributed by atoms with E-state index in [1.165, 1.54) is 0 Å². The summed E-state index contributed by atoms with van der Waals surface area (Å²) in [5, 5.41) is 4.50. The number of rotatable bonds is 4. The molecule has 27 heavy (non-hydrogen) atoms. The number of hydrogen-bond acceptors (Lipinski definition) is 6. The van der Waals surface area contributed by atoms with Gasteiger partial charge in [-0.15, -0.1) is 0 Å². The largest absolute Gasteiger partial charge is 0.372 e. The maximum absolute atomic E-state index is 12.9. The minimum atomic E-state index is -0.361. The van der Waals surface area contributed by atoms with E-state index in [2.05, 4.69) is 26.9 Å². The van der Waals surface area contributed by atoms with Crippen molar-refractivity contribution in [2.45, 2.75) is 44.9 Å². The number of aryl methyl sites for hydroxylation is 1. The van der Waals surface area contributed by atoms with E-state index in [-0.39, 0.29) is 11.5 Å². The summed E-state index contributed by atoms with van der Waals surface area (Å²) in [6, 6.07) is 3.80. The van der Waals surface area contributed by atoms with Crippen LogP contribution in [-0.2, 0) is 22.6 Å². The molecule has 0 aromatic carbocycles. The molecule has 0 unspecified atom stereocenters. The van der Waals surface area contributed by atoms with Crippen LogP contribution in [0.1, 0.15) is 31.9 Å². The van der Waals surface area contributed by atoms with Gasteiger partial charge in [-0.2, -0.15) is 5.10 Å². The van der Waals surface area contributed by atoms with Crippen LogP contribution in [0.5, 0.6) is 0 Å². The number of nitrogens with zero attached hydrogens (tertiary/aromatic N) is 6. The molecule has 8 nitrogen and oxygen atoms in total. The molecule has 2 aliphatic rings. The Balaban J connectivity index is 1.38. The predicted octanol–water partition coefficient (Wildman–Crippen LogP) is 1.48. The van der Waals surface area contributed by atoms with E-state index in [1.54, 1.807) is 12.4 Å².